The zero-order valence-corrected chi connectivity index (χ0v) is 13.1. The standard InChI is InChI=1S/C14H18NO5P/c1-4-19-21(17,20-5-2)12(10-15)8-11-6-7-14(18-3)13(16)9-11/h6-9,16H,4-5H2,1-3H3/b12-8+. The molecule has 0 amide bonds. The number of rotatable bonds is 7. The molecule has 0 aliphatic carbocycles. The van der Waals surface area contributed by atoms with Crippen LogP contribution in [0.4, 0.5) is 0 Å². The molecule has 0 aliphatic heterocycles. The van der Waals surface area contributed by atoms with Crippen molar-refractivity contribution in [1.82, 2.24) is 0 Å². The lowest BCUT2D eigenvalue weighted by Gasteiger charge is -2.15. The molecule has 6 nitrogen and oxygen atoms in total. The van der Waals surface area contributed by atoms with E-state index in [9.17, 15) is 14.9 Å². The Kier molecular flexibility index (Phi) is 6.44. The quantitative estimate of drug-likeness (QED) is 0.612. The Morgan fingerprint density at radius 3 is 2.43 bits per heavy atom. The van der Waals surface area contributed by atoms with E-state index >= 15 is 0 Å². The second-order valence-electron chi connectivity index (χ2n) is 3.91. The molecule has 0 bridgehead atoms. The minimum absolute atomic E-state index is 0.0776. The van der Waals surface area contributed by atoms with Crippen molar-refractivity contribution >= 4 is 13.7 Å². The highest BCUT2D eigenvalue weighted by Gasteiger charge is 2.29. The Balaban J connectivity index is 3.22. The number of hydrogen-bond donors (Lipinski definition) is 1. The van der Waals surface area contributed by atoms with Crippen LogP contribution in [0.15, 0.2) is 23.5 Å². The topological polar surface area (TPSA) is 88.8 Å². The molecule has 0 atom stereocenters. The Morgan fingerprint density at radius 2 is 2.00 bits per heavy atom. The molecular formula is C14H18NO5P. The number of nitriles is 1. The molecule has 7 heteroatoms. The molecular weight excluding hydrogens is 293 g/mol. The van der Waals surface area contributed by atoms with Crippen LogP contribution in [0, 0.1) is 11.3 Å². The van der Waals surface area contributed by atoms with Crippen molar-refractivity contribution < 1.29 is 23.5 Å². The molecule has 0 fully saturated rings. The maximum absolute atomic E-state index is 12.5. The predicted octanol–water partition coefficient (Wildman–Crippen LogP) is 3.53. The number of phenols is 1. The van der Waals surface area contributed by atoms with Crippen LogP contribution in [0.3, 0.4) is 0 Å². The van der Waals surface area contributed by atoms with Crippen molar-refractivity contribution in [2.24, 2.45) is 0 Å². The fourth-order valence-electron chi connectivity index (χ4n) is 1.64. The second-order valence-corrected chi connectivity index (χ2v) is 5.90. The van der Waals surface area contributed by atoms with Crippen LogP contribution in [0.25, 0.3) is 6.08 Å². The van der Waals surface area contributed by atoms with Gasteiger partial charge in [-0.25, -0.2) is 0 Å². The SMILES string of the molecule is CCOP(=O)(OCC)/C(C#N)=C/c1ccc(OC)c(O)c1. The third-order valence-corrected chi connectivity index (χ3v) is 4.53. The highest BCUT2D eigenvalue weighted by Crippen LogP contribution is 2.56. The average Bonchev–Trinajstić information content (AvgIpc) is 2.45. The molecule has 114 valence electrons. The number of allylic oxidation sites excluding steroid dienone is 1. The van der Waals surface area contributed by atoms with Gasteiger partial charge in [0.1, 0.15) is 11.4 Å². The fraction of sp³-hybridized carbons (Fsp3) is 0.357. The van der Waals surface area contributed by atoms with Gasteiger partial charge in [-0.15, -0.1) is 0 Å². The maximum atomic E-state index is 12.5. The molecule has 0 aromatic heterocycles. The second kappa shape index (κ2) is 7.84. The molecule has 21 heavy (non-hydrogen) atoms. The van der Waals surface area contributed by atoms with E-state index in [0.29, 0.717) is 11.3 Å². The van der Waals surface area contributed by atoms with Crippen molar-refractivity contribution in [3.63, 3.8) is 0 Å². The molecule has 1 aromatic rings. The van der Waals surface area contributed by atoms with Crippen molar-refractivity contribution in [2.75, 3.05) is 20.3 Å². The first-order valence-electron chi connectivity index (χ1n) is 6.39. The van der Waals surface area contributed by atoms with Gasteiger partial charge in [-0.1, -0.05) is 6.07 Å². The first kappa shape index (κ1) is 17.3. The largest absolute Gasteiger partial charge is 0.504 e. The maximum Gasteiger partial charge on any atom is 0.371 e. The lowest BCUT2D eigenvalue weighted by molar-refractivity contribution is 0.227. The summed E-state index contributed by atoms with van der Waals surface area (Å²) in [6.45, 7) is 3.65. The average molecular weight is 311 g/mol. The molecule has 1 N–H and O–H groups in total. The number of benzene rings is 1. The fourth-order valence-corrected chi connectivity index (χ4v) is 3.11. The van der Waals surface area contributed by atoms with Gasteiger partial charge in [0.15, 0.2) is 11.5 Å². The summed E-state index contributed by atoms with van der Waals surface area (Å²) in [7, 11) is -2.21. The van der Waals surface area contributed by atoms with Gasteiger partial charge in [0, 0.05) is 0 Å². The molecule has 1 aromatic carbocycles. The van der Waals surface area contributed by atoms with E-state index in [1.165, 1.54) is 19.3 Å². The minimum Gasteiger partial charge on any atom is -0.504 e. The Hall–Kier alpha value is -1.80. The predicted molar refractivity (Wildman–Crippen MR) is 79.1 cm³/mol. The molecule has 0 unspecified atom stereocenters. The van der Waals surface area contributed by atoms with Gasteiger partial charge in [-0.05, 0) is 37.6 Å². The highest BCUT2D eigenvalue weighted by atomic mass is 31.2. The van der Waals surface area contributed by atoms with E-state index in [4.69, 9.17) is 13.8 Å². The summed E-state index contributed by atoms with van der Waals surface area (Å²) in [5, 5.41) is 18.8. The molecule has 1 rings (SSSR count). The Labute approximate surface area is 124 Å². The number of methoxy groups -OCH3 is 1. The molecule has 0 saturated heterocycles. The van der Waals surface area contributed by atoms with Crippen LogP contribution < -0.4 is 4.74 Å². The van der Waals surface area contributed by atoms with Gasteiger partial charge in [0.2, 0.25) is 0 Å². The van der Waals surface area contributed by atoms with Gasteiger partial charge < -0.3 is 18.9 Å². The zero-order chi connectivity index (χ0) is 15.9. The summed E-state index contributed by atoms with van der Waals surface area (Å²) in [6, 6.07) is 6.41. The summed E-state index contributed by atoms with van der Waals surface area (Å²) >= 11 is 0. The smallest absolute Gasteiger partial charge is 0.371 e. The number of phenolic OH excluding ortho intramolecular Hbond substituents is 1. The van der Waals surface area contributed by atoms with Gasteiger partial charge in [-0.2, -0.15) is 5.26 Å². The first-order valence-corrected chi connectivity index (χ1v) is 7.93. The van der Waals surface area contributed by atoms with Crippen LogP contribution >= 0.6 is 7.60 Å². The van der Waals surface area contributed by atoms with Gasteiger partial charge in [0.05, 0.1) is 20.3 Å². The van der Waals surface area contributed by atoms with Gasteiger partial charge in [-0.3, -0.25) is 4.57 Å². The van der Waals surface area contributed by atoms with Crippen LogP contribution in [-0.2, 0) is 13.6 Å². The first-order chi connectivity index (χ1) is 10.0. The summed E-state index contributed by atoms with van der Waals surface area (Å²) in [4.78, 5) is 0. The van der Waals surface area contributed by atoms with Crippen LogP contribution in [0.5, 0.6) is 11.5 Å². The lowest BCUT2D eigenvalue weighted by atomic mass is 10.2. The van der Waals surface area contributed by atoms with Crippen LogP contribution in [0.2, 0.25) is 0 Å². The monoisotopic (exact) mass is 311 g/mol. The molecule has 0 aliphatic rings. The summed E-state index contributed by atoms with van der Waals surface area (Å²) in [5.41, 5.74) is 0.490. The summed E-state index contributed by atoms with van der Waals surface area (Å²) in [6.07, 6.45) is 1.37. The van der Waals surface area contributed by atoms with Crippen molar-refractivity contribution in [3.8, 4) is 17.6 Å². The van der Waals surface area contributed by atoms with Crippen molar-refractivity contribution in [2.45, 2.75) is 13.8 Å². The van der Waals surface area contributed by atoms with E-state index in [1.54, 1.807) is 26.0 Å². The third kappa shape index (κ3) is 4.33. The van der Waals surface area contributed by atoms with Crippen LogP contribution in [0.1, 0.15) is 19.4 Å². The normalized spacial score (nSPS) is 12.0. The Bertz CT molecular complexity index is 596. The van der Waals surface area contributed by atoms with E-state index in [0.717, 1.165) is 0 Å². The van der Waals surface area contributed by atoms with E-state index in [-0.39, 0.29) is 24.3 Å². The number of nitrogens with zero attached hydrogens (tertiary/aromatic N) is 1. The lowest BCUT2D eigenvalue weighted by Crippen LogP contribution is -1.97. The number of aromatic hydroxyl groups is 1. The van der Waals surface area contributed by atoms with E-state index < -0.39 is 7.60 Å². The zero-order valence-electron chi connectivity index (χ0n) is 12.2. The van der Waals surface area contributed by atoms with Crippen molar-refractivity contribution in [3.05, 3.63) is 29.1 Å². The molecule has 0 heterocycles. The Morgan fingerprint density at radius 1 is 1.38 bits per heavy atom. The summed E-state index contributed by atoms with van der Waals surface area (Å²) < 4.78 is 27.7. The van der Waals surface area contributed by atoms with Crippen LogP contribution in [-0.4, -0.2) is 25.4 Å². The van der Waals surface area contributed by atoms with Crippen molar-refractivity contribution in [1.29, 1.82) is 5.26 Å². The van der Waals surface area contributed by atoms with Gasteiger partial charge >= 0.3 is 7.60 Å². The van der Waals surface area contributed by atoms with E-state index in [1.807, 2.05) is 6.07 Å². The number of ether oxygens (including phenoxy) is 1. The van der Waals surface area contributed by atoms with Gasteiger partial charge in [0.25, 0.3) is 0 Å². The highest BCUT2D eigenvalue weighted by molar-refractivity contribution is 7.59. The molecule has 0 spiro atoms. The third-order valence-electron chi connectivity index (χ3n) is 2.51. The minimum atomic E-state index is -3.64. The molecule has 0 radical (unpaired) electrons. The summed E-state index contributed by atoms with van der Waals surface area (Å²) in [5.74, 6) is 0.231. The van der Waals surface area contributed by atoms with E-state index in [2.05, 4.69) is 0 Å². The number of hydrogen-bond acceptors (Lipinski definition) is 6. The molecule has 0 saturated carbocycles.